The van der Waals surface area contributed by atoms with Crippen molar-refractivity contribution in [1.82, 2.24) is 0 Å². The number of aryl methyl sites for hydroxylation is 2. The van der Waals surface area contributed by atoms with Gasteiger partial charge in [0.05, 0.1) is 5.56 Å². The quantitative estimate of drug-likeness (QED) is 0.832. The van der Waals surface area contributed by atoms with Crippen LogP contribution in [0, 0.1) is 18.6 Å². The number of fused-ring (bicyclic) bond motifs is 1. The van der Waals surface area contributed by atoms with E-state index in [4.69, 9.17) is 0 Å². The van der Waals surface area contributed by atoms with Gasteiger partial charge in [0, 0.05) is 0 Å². The lowest BCUT2D eigenvalue weighted by Gasteiger charge is -2.26. The van der Waals surface area contributed by atoms with Crippen molar-refractivity contribution in [3.63, 3.8) is 0 Å². The molecule has 0 saturated heterocycles. The van der Waals surface area contributed by atoms with Gasteiger partial charge in [-0.15, -0.1) is 0 Å². The van der Waals surface area contributed by atoms with Crippen molar-refractivity contribution >= 4 is 0 Å². The summed E-state index contributed by atoms with van der Waals surface area (Å²) in [5.41, 5.74) is 0.118. The average Bonchev–Trinajstić information content (AvgIpc) is 2.74. The second kappa shape index (κ2) is 4.14. The minimum absolute atomic E-state index is 0.225. The number of aliphatic hydroxyl groups is 1. The minimum Gasteiger partial charge on any atom is -0.380 e. The monoisotopic (exact) mass is 260 g/mol. The molecule has 98 valence electrons. The van der Waals surface area contributed by atoms with Gasteiger partial charge >= 0.3 is 0 Å². The van der Waals surface area contributed by atoms with Crippen LogP contribution in [-0.4, -0.2) is 5.11 Å². The maximum Gasteiger partial charge on any atom is 0.135 e. The molecular formula is C16H14F2O. The molecule has 1 N–H and O–H groups in total. The van der Waals surface area contributed by atoms with Crippen molar-refractivity contribution in [1.29, 1.82) is 0 Å². The maximum absolute atomic E-state index is 14.3. The van der Waals surface area contributed by atoms with Gasteiger partial charge in [0.1, 0.15) is 17.2 Å². The van der Waals surface area contributed by atoms with Crippen molar-refractivity contribution in [2.75, 3.05) is 0 Å². The molecule has 3 rings (SSSR count). The molecular weight excluding hydrogens is 246 g/mol. The molecule has 0 amide bonds. The van der Waals surface area contributed by atoms with Crippen LogP contribution in [0.5, 0.6) is 0 Å². The first-order chi connectivity index (χ1) is 9.04. The normalized spacial score (nSPS) is 21.5. The molecule has 0 spiro atoms. The van der Waals surface area contributed by atoms with Crippen LogP contribution < -0.4 is 0 Å². The zero-order valence-electron chi connectivity index (χ0n) is 10.6. The molecule has 0 aliphatic heterocycles. The van der Waals surface area contributed by atoms with Gasteiger partial charge in [0.15, 0.2) is 0 Å². The predicted octanol–water partition coefficient (Wildman–Crippen LogP) is 3.46. The molecule has 3 heteroatoms. The van der Waals surface area contributed by atoms with Gasteiger partial charge in [-0.1, -0.05) is 30.3 Å². The summed E-state index contributed by atoms with van der Waals surface area (Å²) in [6.45, 7) is 1.57. The molecule has 0 heterocycles. The number of hydrogen-bond donors (Lipinski definition) is 1. The van der Waals surface area contributed by atoms with Crippen LogP contribution in [0.3, 0.4) is 0 Å². The van der Waals surface area contributed by atoms with Crippen LogP contribution in [0.1, 0.15) is 28.7 Å². The van der Waals surface area contributed by atoms with Gasteiger partial charge in [-0.3, -0.25) is 0 Å². The Bertz CT molecular complexity index is 651. The van der Waals surface area contributed by atoms with Gasteiger partial charge < -0.3 is 5.11 Å². The Labute approximate surface area is 110 Å². The summed E-state index contributed by atoms with van der Waals surface area (Å²) in [5.74, 6) is -1.35. The molecule has 0 fully saturated rings. The zero-order valence-corrected chi connectivity index (χ0v) is 10.6. The largest absolute Gasteiger partial charge is 0.380 e. The van der Waals surface area contributed by atoms with Crippen LogP contribution in [-0.2, 0) is 12.0 Å². The zero-order chi connectivity index (χ0) is 13.6. The third-order valence-electron chi connectivity index (χ3n) is 3.92. The van der Waals surface area contributed by atoms with E-state index in [1.165, 1.54) is 12.1 Å². The van der Waals surface area contributed by atoms with Crippen LogP contribution in [0.25, 0.3) is 0 Å². The summed E-state index contributed by atoms with van der Waals surface area (Å²) in [4.78, 5) is 0. The molecule has 2 aromatic carbocycles. The van der Waals surface area contributed by atoms with Crippen LogP contribution in [0.15, 0.2) is 36.4 Å². The summed E-state index contributed by atoms with van der Waals surface area (Å²) in [5, 5.41) is 10.8. The highest BCUT2D eigenvalue weighted by Crippen LogP contribution is 2.44. The number of halogens is 2. The molecule has 0 bridgehead atoms. The summed E-state index contributed by atoms with van der Waals surface area (Å²) in [6, 6.07) is 9.88. The summed E-state index contributed by atoms with van der Waals surface area (Å²) < 4.78 is 28.3. The number of hydrogen-bond acceptors (Lipinski definition) is 1. The van der Waals surface area contributed by atoms with Crippen LogP contribution >= 0.6 is 0 Å². The first-order valence-electron chi connectivity index (χ1n) is 6.30. The van der Waals surface area contributed by atoms with Gasteiger partial charge in [-0.2, -0.15) is 0 Å². The van der Waals surface area contributed by atoms with Gasteiger partial charge in [0.25, 0.3) is 0 Å². The molecule has 1 nitrogen and oxygen atoms in total. The minimum atomic E-state index is -1.56. The Morgan fingerprint density at radius 2 is 1.84 bits per heavy atom. The topological polar surface area (TPSA) is 20.2 Å². The molecule has 0 saturated carbocycles. The second-order valence-electron chi connectivity index (χ2n) is 5.07. The van der Waals surface area contributed by atoms with E-state index in [1.54, 1.807) is 19.1 Å². The summed E-state index contributed by atoms with van der Waals surface area (Å²) in [6.07, 6.45) is 0.934. The van der Waals surface area contributed by atoms with Crippen molar-refractivity contribution in [3.05, 3.63) is 70.3 Å². The Balaban J connectivity index is 2.26. The van der Waals surface area contributed by atoms with Crippen molar-refractivity contribution in [3.8, 4) is 0 Å². The van der Waals surface area contributed by atoms with Crippen molar-refractivity contribution in [2.45, 2.75) is 25.4 Å². The molecule has 0 aromatic heterocycles. The lowest BCUT2D eigenvalue weighted by Crippen LogP contribution is -2.27. The Morgan fingerprint density at radius 3 is 2.63 bits per heavy atom. The van der Waals surface area contributed by atoms with Gasteiger partial charge in [0.2, 0.25) is 0 Å². The molecule has 1 atom stereocenters. The predicted molar refractivity (Wildman–Crippen MR) is 68.9 cm³/mol. The fraction of sp³-hybridized carbons (Fsp3) is 0.250. The molecule has 19 heavy (non-hydrogen) atoms. The Morgan fingerprint density at radius 1 is 1.11 bits per heavy atom. The van der Waals surface area contributed by atoms with E-state index >= 15 is 0 Å². The second-order valence-corrected chi connectivity index (χ2v) is 5.07. The van der Waals surface area contributed by atoms with E-state index in [-0.39, 0.29) is 5.56 Å². The van der Waals surface area contributed by atoms with E-state index in [0.29, 0.717) is 24.0 Å². The van der Waals surface area contributed by atoms with Gasteiger partial charge in [-0.25, -0.2) is 8.78 Å². The molecule has 0 radical (unpaired) electrons. The number of benzene rings is 2. The first kappa shape index (κ1) is 12.3. The van der Waals surface area contributed by atoms with Crippen LogP contribution in [0.4, 0.5) is 8.78 Å². The smallest absolute Gasteiger partial charge is 0.135 e. The molecule has 2 aromatic rings. The van der Waals surface area contributed by atoms with E-state index in [9.17, 15) is 13.9 Å². The highest BCUT2D eigenvalue weighted by molar-refractivity contribution is 5.47. The van der Waals surface area contributed by atoms with Gasteiger partial charge in [-0.05, 0) is 42.5 Å². The Hall–Kier alpha value is -1.74. The van der Waals surface area contributed by atoms with Crippen molar-refractivity contribution in [2.24, 2.45) is 0 Å². The third kappa shape index (κ3) is 1.69. The third-order valence-corrected chi connectivity index (χ3v) is 3.92. The Kier molecular flexibility index (Phi) is 2.68. The summed E-state index contributed by atoms with van der Waals surface area (Å²) >= 11 is 0. The standard InChI is InChI=1S/C16H14F2O/c1-10-6-7-13(17)14(15(10)18)16(19)9-8-11-4-2-3-5-12(11)16/h2-7,19H,8-9H2,1H3. The van der Waals surface area contributed by atoms with E-state index in [0.717, 1.165) is 5.56 Å². The average molecular weight is 260 g/mol. The highest BCUT2D eigenvalue weighted by Gasteiger charge is 2.42. The highest BCUT2D eigenvalue weighted by atomic mass is 19.1. The summed E-state index contributed by atoms with van der Waals surface area (Å²) in [7, 11) is 0. The number of rotatable bonds is 1. The molecule has 1 aliphatic rings. The fourth-order valence-electron chi connectivity index (χ4n) is 2.89. The van der Waals surface area contributed by atoms with E-state index < -0.39 is 17.2 Å². The molecule has 1 unspecified atom stereocenters. The molecule has 1 aliphatic carbocycles. The first-order valence-corrected chi connectivity index (χ1v) is 6.30. The van der Waals surface area contributed by atoms with Crippen molar-refractivity contribution < 1.29 is 13.9 Å². The van der Waals surface area contributed by atoms with E-state index in [2.05, 4.69) is 0 Å². The van der Waals surface area contributed by atoms with Crippen LogP contribution in [0.2, 0.25) is 0 Å². The van der Waals surface area contributed by atoms with E-state index in [1.807, 2.05) is 12.1 Å². The lowest BCUT2D eigenvalue weighted by atomic mass is 9.86. The SMILES string of the molecule is Cc1ccc(F)c(C2(O)CCc3ccccc32)c1F. The fourth-order valence-corrected chi connectivity index (χ4v) is 2.89. The maximum atomic E-state index is 14.3. The lowest BCUT2D eigenvalue weighted by molar-refractivity contribution is 0.0744.